The molecule has 0 spiro atoms. The summed E-state index contributed by atoms with van der Waals surface area (Å²) in [7, 11) is 0. The van der Waals surface area contributed by atoms with Gasteiger partial charge in [-0.15, -0.1) is 0 Å². The first-order valence-corrected chi connectivity index (χ1v) is 13.1. The van der Waals surface area contributed by atoms with Crippen molar-refractivity contribution in [1.82, 2.24) is 5.32 Å². The lowest BCUT2D eigenvalue weighted by molar-refractivity contribution is -0.157. The molecule has 0 saturated heterocycles. The monoisotopic (exact) mass is 549 g/mol. The number of hydrogen-bond acceptors (Lipinski definition) is 11. The van der Waals surface area contributed by atoms with Crippen molar-refractivity contribution in [2.24, 2.45) is 0 Å². The summed E-state index contributed by atoms with van der Waals surface area (Å²) in [5, 5.41) is 12.6. The summed E-state index contributed by atoms with van der Waals surface area (Å²) >= 11 is 0. The van der Waals surface area contributed by atoms with Crippen LogP contribution in [-0.4, -0.2) is 98.1 Å². The van der Waals surface area contributed by atoms with Crippen molar-refractivity contribution in [3.8, 4) is 0 Å². The molecule has 0 aromatic rings. The van der Waals surface area contributed by atoms with Crippen molar-refractivity contribution < 1.29 is 47.9 Å². The van der Waals surface area contributed by atoms with Crippen LogP contribution in [0, 0.1) is 0 Å². The molecule has 0 aliphatic carbocycles. The molecule has 0 bridgehead atoms. The van der Waals surface area contributed by atoms with Crippen molar-refractivity contribution in [2.75, 3.05) is 52.8 Å². The summed E-state index contributed by atoms with van der Waals surface area (Å²) in [5.41, 5.74) is -2.69. The maximum Gasteiger partial charge on any atom is 0.308 e. The van der Waals surface area contributed by atoms with Crippen LogP contribution >= 0.6 is 0 Å². The molecular formula is C27H51NO10. The lowest BCUT2D eigenvalue weighted by Crippen LogP contribution is -2.57. The smallest absolute Gasteiger partial charge is 0.308 e. The number of aliphatic hydroxyl groups excluding tert-OH is 1. The maximum atomic E-state index is 12.0. The SMILES string of the molecule is CC(C)(C)OC(=O)CCOCC(COCCC(=O)OC(C)(C)C)(COCCC(=O)OC(C)(C)C)NCCO. The Hall–Kier alpha value is -1.79. The Balaban J connectivity index is 5.11. The van der Waals surface area contributed by atoms with Crippen molar-refractivity contribution in [2.45, 2.75) is 104 Å². The third kappa shape index (κ3) is 21.2. The average molecular weight is 550 g/mol. The minimum Gasteiger partial charge on any atom is -0.460 e. The van der Waals surface area contributed by atoms with E-state index in [1.54, 1.807) is 62.3 Å². The van der Waals surface area contributed by atoms with Gasteiger partial charge in [-0.3, -0.25) is 14.4 Å². The second kappa shape index (κ2) is 17.0. The van der Waals surface area contributed by atoms with Crippen LogP contribution < -0.4 is 5.32 Å². The zero-order valence-electron chi connectivity index (χ0n) is 24.9. The first-order chi connectivity index (χ1) is 17.4. The maximum absolute atomic E-state index is 12.0. The molecule has 0 radical (unpaired) electrons. The molecule has 0 aliphatic heterocycles. The molecule has 38 heavy (non-hydrogen) atoms. The summed E-state index contributed by atoms with van der Waals surface area (Å²) in [4.78, 5) is 36.0. The molecule has 0 heterocycles. The van der Waals surface area contributed by atoms with E-state index in [2.05, 4.69) is 5.32 Å². The average Bonchev–Trinajstić information content (AvgIpc) is 2.72. The number of hydrogen-bond donors (Lipinski definition) is 2. The molecule has 2 N–H and O–H groups in total. The number of nitrogens with one attached hydrogen (secondary N) is 1. The van der Waals surface area contributed by atoms with E-state index in [0.717, 1.165) is 0 Å². The summed E-state index contributed by atoms with van der Waals surface area (Å²) in [6, 6.07) is 0. The van der Waals surface area contributed by atoms with Crippen molar-refractivity contribution in [1.29, 1.82) is 0 Å². The van der Waals surface area contributed by atoms with Gasteiger partial charge >= 0.3 is 17.9 Å². The van der Waals surface area contributed by atoms with Gasteiger partial charge in [-0.05, 0) is 62.3 Å². The predicted octanol–water partition coefficient (Wildman–Crippen LogP) is 2.55. The number of carbonyl (C=O) groups is 3. The molecule has 0 aliphatic rings. The van der Waals surface area contributed by atoms with E-state index >= 15 is 0 Å². The van der Waals surface area contributed by atoms with Gasteiger partial charge in [0.15, 0.2) is 0 Å². The number of aliphatic hydroxyl groups is 1. The highest BCUT2D eigenvalue weighted by Crippen LogP contribution is 2.13. The summed E-state index contributed by atoms with van der Waals surface area (Å²) in [5.74, 6) is -1.14. The van der Waals surface area contributed by atoms with Crippen molar-refractivity contribution in [3.05, 3.63) is 0 Å². The highest BCUT2D eigenvalue weighted by atomic mass is 16.6. The normalized spacial score (nSPS) is 12.8. The molecule has 0 saturated carbocycles. The topological polar surface area (TPSA) is 139 Å². The Morgan fingerprint density at radius 3 is 1.11 bits per heavy atom. The second-order valence-electron chi connectivity index (χ2n) is 12.1. The van der Waals surface area contributed by atoms with Gasteiger partial charge in [-0.1, -0.05) is 0 Å². The Kier molecular flexibility index (Phi) is 16.2. The van der Waals surface area contributed by atoms with Gasteiger partial charge in [0, 0.05) is 6.54 Å². The molecule has 0 atom stereocenters. The van der Waals surface area contributed by atoms with Crippen molar-refractivity contribution >= 4 is 17.9 Å². The highest BCUT2D eigenvalue weighted by Gasteiger charge is 2.32. The van der Waals surface area contributed by atoms with E-state index in [0.29, 0.717) is 0 Å². The van der Waals surface area contributed by atoms with Crippen LogP contribution in [0.4, 0.5) is 0 Å². The van der Waals surface area contributed by atoms with Crippen LogP contribution in [-0.2, 0) is 42.8 Å². The van der Waals surface area contributed by atoms with E-state index in [9.17, 15) is 19.5 Å². The molecule has 11 heteroatoms. The van der Waals surface area contributed by atoms with Crippen LogP contribution in [0.15, 0.2) is 0 Å². The van der Waals surface area contributed by atoms with Crippen LogP contribution in [0.25, 0.3) is 0 Å². The van der Waals surface area contributed by atoms with Gasteiger partial charge < -0.3 is 38.8 Å². The molecule has 224 valence electrons. The van der Waals surface area contributed by atoms with Crippen LogP contribution in [0.1, 0.15) is 81.6 Å². The quantitative estimate of drug-likeness (QED) is 0.148. The molecule has 0 amide bonds. The largest absolute Gasteiger partial charge is 0.460 e. The fourth-order valence-corrected chi connectivity index (χ4v) is 3.05. The molecule has 0 fully saturated rings. The van der Waals surface area contributed by atoms with E-state index in [-0.39, 0.29) is 90.0 Å². The van der Waals surface area contributed by atoms with Crippen LogP contribution in [0.2, 0.25) is 0 Å². The number of esters is 3. The highest BCUT2D eigenvalue weighted by molar-refractivity contribution is 5.70. The van der Waals surface area contributed by atoms with Gasteiger partial charge in [-0.2, -0.15) is 0 Å². The van der Waals surface area contributed by atoms with E-state index in [4.69, 9.17) is 28.4 Å². The lowest BCUT2D eigenvalue weighted by Gasteiger charge is -2.34. The minimum absolute atomic E-state index is 0.0619. The Bertz CT molecular complexity index is 616. The summed E-state index contributed by atoms with van der Waals surface area (Å²) < 4.78 is 33.3. The van der Waals surface area contributed by atoms with Crippen LogP contribution in [0.3, 0.4) is 0 Å². The van der Waals surface area contributed by atoms with Gasteiger partial charge in [-0.25, -0.2) is 0 Å². The zero-order chi connectivity index (χ0) is 29.5. The minimum atomic E-state index is -0.918. The lowest BCUT2D eigenvalue weighted by atomic mass is 10.0. The predicted molar refractivity (Wildman–Crippen MR) is 142 cm³/mol. The van der Waals surface area contributed by atoms with Gasteiger partial charge in [0.1, 0.15) is 16.8 Å². The second-order valence-corrected chi connectivity index (χ2v) is 12.1. The fourth-order valence-electron chi connectivity index (χ4n) is 3.05. The molecular weight excluding hydrogens is 498 g/mol. The third-order valence-electron chi connectivity index (χ3n) is 4.36. The molecule has 0 aromatic carbocycles. The number of ether oxygens (including phenoxy) is 6. The number of β-amino-alcohol motifs (C(OH)–C–C–N with tert-alkyl or cyclic N) is 1. The molecule has 11 nitrogen and oxygen atoms in total. The van der Waals surface area contributed by atoms with E-state index in [1.807, 2.05) is 0 Å². The fraction of sp³-hybridized carbons (Fsp3) is 0.889. The van der Waals surface area contributed by atoms with Crippen LogP contribution in [0.5, 0.6) is 0 Å². The number of rotatable bonds is 18. The third-order valence-corrected chi connectivity index (χ3v) is 4.36. The van der Waals surface area contributed by atoms with E-state index in [1.165, 1.54) is 0 Å². The van der Waals surface area contributed by atoms with Gasteiger partial charge in [0.2, 0.25) is 0 Å². The Labute approximate surface area is 228 Å². The molecule has 0 unspecified atom stereocenters. The Morgan fingerprint density at radius 1 is 0.579 bits per heavy atom. The first-order valence-electron chi connectivity index (χ1n) is 13.1. The summed E-state index contributed by atoms with van der Waals surface area (Å²) in [6.45, 7) is 16.7. The first kappa shape index (κ1) is 36.2. The zero-order valence-corrected chi connectivity index (χ0v) is 24.9. The molecule has 0 aromatic heterocycles. The van der Waals surface area contributed by atoms with Gasteiger partial charge in [0.05, 0.1) is 71.0 Å². The molecule has 0 rings (SSSR count). The standard InChI is InChI=1S/C27H51NO10/c1-24(2,3)36-21(30)10-15-33-18-27(28-13-14-29,19-34-16-11-22(31)37-25(4,5)6)20-35-17-12-23(32)38-26(7,8)9/h28-29H,10-20H2,1-9H3. The number of carbonyl (C=O) groups excluding carboxylic acids is 3. The van der Waals surface area contributed by atoms with Gasteiger partial charge in [0.25, 0.3) is 0 Å². The van der Waals surface area contributed by atoms with Crippen molar-refractivity contribution in [3.63, 3.8) is 0 Å². The summed E-state index contributed by atoms with van der Waals surface area (Å²) in [6.07, 6.45) is 0.186. The Morgan fingerprint density at radius 2 is 0.868 bits per heavy atom. The van der Waals surface area contributed by atoms with E-state index < -0.39 is 22.3 Å².